The third-order valence-electron chi connectivity index (χ3n) is 2.89. The maximum absolute atomic E-state index is 11.9. The fourth-order valence-electron chi connectivity index (χ4n) is 1.82. The zero-order valence-corrected chi connectivity index (χ0v) is 13.1. The number of benzene rings is 1. The molecular weight excluding hydrogens is 306 g/mol. The number of hydrogen-bond acceptors (Lipinski definition) is 6. The van der Waals surface area contributed by atoms with E-state index in [1.54, 1.807) is 55.7 Å². The molecule has 1 aromatic carbocycles. The summed E-state index contributed by atoms with van der Waals surface area (Å²) in [5.74, 6) is 0.689. The highest BCUT2D eigenvalue weighted by Gasteiger charge is 2.12. The number of carbonyl (C=O) groups excluding carboxylic acids is 1. The van der Waals surface area contributed by atoms with Crippen LogP contribution in [0.1, 0.15) is 5.56 Å². The number of hydrogen-bond donors (Lipinski definition) is 0. The summed E-state index contributed by atoms with van der Waals surface area (Å²) in [6.07, 6.45) is 3.22. The first-order valence-electron chi connectivity index (χ1n) is 6.56. The van der Waals surface area contributed by atoms with Gasteiger partial charge in [-0.3, -0.25) is 4.79 Å². The maximum atomic E-state index is 11.9. The van der Waals surface area contributed by atoms with E-state index in [0.717, 1.165) is 0 Å². The van der Waals surface area contributed by atoms with Crippen LogP contribution in [0, 0.1) is 0 Å². The van der Waals surface area contributed by atoms with Gasteiger partial charge in [0, 0.05) is 30.0 Å². The van der Waals surface area contributed by atoms with Crippen molar-refractivity contribution in [1.29, 1.82) is 0 Å². The number of halogens is 1. The number of likely N-dealkylation sites (N-methyl/N-ethyl adjacent to an activating group) is 1. The normalized spacial score (nSPS) is 10.1. The highest BCUT2D eigenvalue weighted by molar-refractivity contribution is 6.30. The molecule has 0 unspecified atom stereocenters. The lowest BCUT2D eigenvalue weighted by atomic mass is 10.2. The van der Waals surface area contributed by atoms with E-state index in [0.29, 0.717) is 22.3 Å². The summed E-state index contributed by atoms with van der Waals surface area (Å²) >= 11 is 5.93. The Morgan fingerprint density at radius 2 is 2.05 bits per heavy atom. The van der Waals surface area contributed by atoms with Gasteiger partial charge in [0.15, 0.2) is 0 Å². The predicted molar refractivity (Wildman–Crippen MR) is 83.1 cm³/mol. The van der Waals surface area contributed by atoms with Gasteiger partial charge in [0.1, 0.15) is 18.9 Å². The van der Waals surface area contributed by atoms with E-state index < -0.39 is 5.97 Å². The number of methoxy groups -OCH3 is 1. The van der Waals surface area contributed by atoms with Crippen molar-refractivity contribution in [2.45, 2.75) is 6.61 Å². The number of aromatic nitrogens is 2. The topological polar surface area (TPSA) is 64.6 Å². The minimum atomic E-state index is -0.392. The fourth-order valence-corrected chi connectivity index (χ4v) is 2.01. The molecule has 0 bridgehead atoms. The smallest absolute Gasteiger partial charge is 0.325 e. The molecule has 116 valence electrons. The SMILES string of the molecule is COc1ccc(Cl)cc1COC(=O)CN(C)c1ncccn1. The first-order valence-corrected chi connectivity index (χ1v) is 6.94. The lowest BCUT2D eigenvalue weighted by molar-refractivity contribution is -0.143. The van der Waals surface area contributed by atoms with Crippen LogP contribution in [-0.4, -0.2) is 36.6 Å². The van der Waals surface area contributed by atoms with Crippen LogP contribution >= 0.6 is 11.6 Å². The van der Waals surface area contributed by atoms with Gasteiger partial charge in [-0.2, -0.15) is 0 Å². The van der Waals surface area contributed by atoms with Crippen molar-refractivity contribution in [2.24, 2.45) is 0 Å². The predicted octanol–water partition coefficient (Wildman–Crippen LogP) is 2.32. The monoisotopic (exact) mass is 321 g/mol. The first kappa shape index (κ1) is 16.0. The molecule has 2 rings (SSSR count). The average molecular weight is 322 g/mol. The summed E-state index contributed by atoms with van der Waals surface area (Å²) in [6, 6.07) is 6.86. The Balaban J connectivity index is 1.92. The molecule has 0 radical (unpaired) electrons. The molecule has 0 aliphatic carbocycles. The summed E-state index contributed by atoms with van der Waals surface area (Å²) < 4.78 is 10.4. The van der Waals surface area contributed by atoms with Crippen LogP contribution < -0.4 is 9.64 Å². The van der Waals surface area contributed by atoms with Crippen molar-refractivity contribution in [1.82, 2.24) is 9.97 Å². The number of esters is 1. The first-order chi connectivity index (χ1) is 10.6. The van der Waals surface area contributed by atoms with Crippen LogP contribution in [0.25, 0.3) is 0 Å². The molecule has 0 N–H and O–H groups in total. The van der Waals surface area contributed by atoms with Crippen LogP contribution in [0.15, 0.2) is 36.7 Å². The molecule has 0 amide bonds. The third-order valence-corrected chi connectivity index (χ3v) is 3.13. The Labute approximate surface area is 133 Å². The number of rotatable bonds is 6. The molecule has 1 aromatic heterocycles. The van der Waals surface area contributed by atoms with Gasteiger partial charge in [-0.05, 0) is 24.3 Å². The lowest BCUT2D eigenvalue weighted by Crippen LogP contribution is -2.28. The molecule has 0 aliphatic rings. The number of carbonyl (C=O) groups is 1. The zero-order chi connectivity index (χ0) is 15.9. The van der Waals surface area contributed by atoms with E-state index in [1.807, 2.05) is 0 Å². The van der Waals surface area contributed by atoms with Gasteiger partial charge in [0.05, 0.1) is 7.11 Å². The van der Waals surface area contributed by atoms with Crippen molar-refractivity contribution in [3.05, 3.63) is 47.2 Å². The highest BCUT2D eigenvalue weighted by Crippen LogP contribution is 2.23. The summed E-state index contributed by atoms with van der Waals surface area (Å²) in [7, 11) is 3.27. The van der Waals surface area contributed by atoms with Crippen LogP contribution in [-0.2, 0) is 16.1 Å². The Kier molecular flexibility index (Phi) is 5.55. The molecular formula is C15H16ClN3O3. The van der Waals surface area contributed by atoms with E-state index in [2.05, 4.69) is 9.97 Å². The van der Waals surface area contributed by atoms with E-state index in [4.69, 9.17) is 21.1 Å². The summed E-state index contributed by atoms with van der Waals surface area (Å²) in [5, 5.41) is 0.557. The van der Waals surface area contributed by atoms with E-state index in [-0.39, 0.29) is 13.2 Å². The average Bonchev–Trinajstić information content (AvgIpc) is 2.54. The fraction of sp³-hybridized carbons (Fsp3) is 0.267. The standard InChI is InChI=1S/C15H16ClN3O3/c1-19(15-17-6-3-7-18-15)9-14(20)22-10-11-8-12(16)4-5-13(11)21-2/h3-8H,9-10H2,1-2H3. The maximum Gasteiger partial charge on any atom is 0.325 e. The van der Waals surface area contributed by atoms with E-state index in [1.165, 1.54) is 0 Å². The van der Waals surface area contributed by atoms with Gasteiger partial charge in [-0.25, -0.2) is 9.97 Å². The molecule has 0 atom stereocenters. The molecule has 0 aliphatic heterocycles. The molecule has 2 aromatic rings. The van der Waals surface area contributed by atoms with E-state index in [9.17, 15) is 4.79 Å². The molecule has 7 heteroatoms. The summed E-state index contributed by atoms with van der Waals surface area (Å²) in [6.45, 7) is 0.138. The molecule has 0 saturated carbocycles. The Bertz CT molecular complexity index is 637. The quantitative estimate of drug-likeness (QED) is 0.761. The number of anilines is 1. The molecule has 0 fully saturated rings. The van der Waals surface area contributed by atoms with Crippen molar-refractivity contribution in [2.75, 3.05) is 25.6 Å². The van der Waals surface area contributed by atoms with Gasteiger partial charge in [-0.1, -0.05) is 11.6 Å². The third kappa shape index (κ3) is 4.33. The molecule has 22 heavy (non-hydrogen) atoms. The Morgan fingerprint density at radius 3 is 2.73 bits per heavy atom. The molecule has 6 nitrogen and oxygen atoms in total. The van der Waals surface area contributed by atoms with Gasteiger partial charge >= 0.3 is 5.97 Å². The largest absolute Gasteiger partial charge is 0.496 e. The van der Waals surface area contributed by atoms with Gasteiger partial charge in [0.25, 0.3) is 0 Å². The van der Waals surface area contributed by atoms with Crippen LogP contribution in [0.3, 0.4) is 0 Å². The van der Waals surface area contributed by atoms with Crippen LogP contribution in [0.5, 0.6) is 5.75 Å². The minimum Gasteiger partial charge on any atom is -0.496 e. The van der Waals surface area contributed by atoms with E-state index >= 15 is 0 Å². The Morgan fingerprint density at radius 1 is 1.32 bits per heavy atom. The van der Waals surface area contributed by atoms with Crippen molar-refractivity contribution in [3.63, 3.8) is 0 Å². The molecule has 1 heterocycles. The van der Waals surface area contributed by atoms with Gasteiger partial charge in [-0.15, -0.1) is 0 Å². The minimum absolute atomic E-state index is 0.0485. The zero-order valence-electron chi connectivity index (χ0n) is 12.3. The van der Waals surface area contributed by atoms with Gasteiger partial charge in [0.2, 0.25) is 5.95 Å². The van der Waals surface area contributed by atoms with Crippen LogP contribution in [0.2, 0.25) is 5.02 Å². The number of nitrogens with zero attached hydrogens (tertiary/aromatic N) is 3. The highest BCUT2D eigenvalue weighted by atomic mass is 35.5. The molecule has 0 saturated heterocycles. The second kappa shape index (κ2) is 7.61. The lowest BCUT2D eigenvalue weighted by Gasteiger charge is -2.16. The molecule has 0 spiro atoms. The van der Waals surface area contributed by atoms with Crippen molar-refractivity contribution in [3.8, 4) is 5.75 Å². The van der Waals surface area contributed by atoms with Crippen molar-refractivity contribution < 1.29 is 14.3 Å². The van der Waals surface area contributed by atoms with Gasteiger partial charge < -0.3 is 14.4 Å². The van der Waals surface area contributed by atoms with Crippen molar-refractivity contribution >= 4 is 23.5 Å². The number of ether oxygens (including phenoxy) is 2. The summed E-state index contributed by atoms with van der Waals surface area (Å²) in [5.41, 5.74) is 0.710. The van der Waals surface area contributed by atoms with Crippen LogP contribution in [0.4, 0.5) is 5.95 Å². The second-order valence-electron chi connectivity index (χ2n) is 4.52. The second-order valence-corrected chi connectivity index (χ2v) is 4.96. The Hall–Kier alpha value is -2.34. The summed E-state index contributed by atoms with van der Waals surface area (Å²) in [4.78, 5) is 21.6.